The zero-order valence-corrected chi connectivity index (χ0v) is 13.5. The lowest BCUT2D eigenvalue weighted by molar-refractivity contribution is -0.121. The predicted molar refractivity (Wildman–Crippen MR) is 89.4 cm³/mol. The lowest BCUT2D eigenvalue weighted by atomic mass is 9.79. The van der Waals surface area contributed by atoms with Gasteiger partial charge in [-0.05, 0) is 55.7 Å². The largest absolute Gasteiger partial charge is 0.326 e. The van der Waals surface area contributed by atoms with E-state index in [0.29, 0.717) is 0 Å². The summed E-state index contributed by atoms with van der Waals surface area (Å²) in [6, 6.07) is 8.22. The van der Waals surface area contributed by atoms with Crippen LogP contribution in [0.1, 0.15) is 64.4 Å². The van der Waals surface area contributed by atoms with Gasteiger partial charge in [-0.3, -0.25) is 4.79 Å². The molecular formula is C19H29NO. The third-order valence-corrected chi connectivity index (χ3v) is 4.81. The zero-order chi connectivity index (χ0) is 15.1. The molecule has 0 unspecified atom stereocenters. The molecule has 21 heavy (non-hydrogen) atoms. The van der Waals surface area contributed by atoms with E-state index in [1.54, 1.807) is 0 Å². The number of amides is 1. The summed E-state index contributed by atoms with van der Waals surface area (Å²) in [6.07, 6.45) is 9.60. The van der Waals surface area contributed by atoms with Gasteiger partial charge in [0.05, 0.1) is 0 Å². The Kier molecular flexibility index (Phi) is 6.28. The molecule has 2 heteroatoms. The fourth-order valence-corrected chi connectivity index (χ4v) is 3.27. The van der Waals surface area contributed by atoms with E-state index in [2.05, 4.69) is 31.3 Å². The minimum Gasteiger partial charge on any atom is -0.326 e. The van der Waals surface area contributed by atoms with E-state index in [4.69, 9.17) is 0 Å². The normalized spacial score (nSPS) is 22.0. The topological polar surface area (TPSA) is 29.1 Å². The number of aryl methyl sites for hydroxylation is 1. The maximum atomic E-state index is 12.3. The van der Waals surface area contributed by atoms with Crippen LogP contribution < -0.4 is 5.32 Å². The van der Waals surface area contributed by atoms with Crippen molar-refractivity contribution in [2.24, 2.45) is 11.8 Å². The highest BCUT2D eigenvalue weighted by Gasteiger charge is 2.25. The van der Waals surface area contributed by atoms with Crippen molar-refractivity contribution in [2.45, 2.75) is 65.2 Å². The molecule has 1 fully saturated rings. The van der Waals surface area contributed by atoms with Gasteiger partial charge in [-0.25, -0.2) is 0 Å². The van der Waals surface area contributed by atoms with E-state index in [1.165, 1.54) is 37.7 Å². The third kappa shape index (κ3) is 4.87. The Hall–Kier alpha value is -1.31. The van der Waals surface area contributed by atoms with Crippen molar-refractivity contribution in [1.29, 1.82) is 0 Å². The summed E-state index contributed by atoms with van der Waals surface area (Å²) >= 11 is 0. The maximum absolute atomic E-state index is 12.3. The van der Waals surface area contributed by atoms with Crippen LogP contribution in [-0.2, 0) is 11.2 Å². The molecule has 2 rings (SSSR count). The van der Waals surface area contributed by atoms with Gasteiger partial charge in [0.15, 0.2) is 0 Å². The molecule has 0 aromatic heterocycles. The van der Waals surface area contributed by atoms with Gasteiger partial charge in [-0.15, -0.1) is 0 Å². The average Bonchev–Trinajstić information content (AvgIpc) is 2.54. The molecule has 2 nitrogen and oxygen atoms in total. The van der Waals surface area contributed by atoms with Crippen molar-refractivity contribution >= 4 is 11.6 Å². The number of benzene rings is 1. The van der Waals surface area contributed by atoms with Crippen LogP contribution in [0, 0.1) is 11.8 Å². The maximum Gasteiger partial charge on any atom is 0.227 e. The Bertz CT molecular complexity index is 429. The van der Waals surface area contributed by atoms with E-state index < -0.39 is 0 Å². The highest BCUT2D eigenvalue weighted by atomic mass is 16.1. The number of rotatable bonds is 6. The number of hydrogen-bond acceptors (Lipinski definition) is 1. The number of anilines is 1. The van der Waals surface area contributed by atoms with Crippen molar-refractivity contribution in [3.05, 3.63) is 29.8 Å². The molecule has 0 heterocycles. The molecule has 0 atom stereocenters. The number of carbonyl (C=O) groups excluding carboxylic acids is 1. The summed E-state index contributed by atoms with van der Waals surface area (Å²) in [5, 5.41) is 3.08. The zero-order valence-electron chi connectivity index (χ0n) is 13.5. The molecule has 0 spiro atoms. The summed E-state index contributed by atoms with van der Waals surface area (Å²) in [5.41, 5.74) is 2.25. The van der Waals surface area contributed by atoms with Gasteiger partial charge < -0.3 is 5.32 Å². The van der Waals surface area contributed by atoms with Gasteiger partial charge in [0.25, 0.3) is 0 Å². The Labute approximate surface area is 129 Å². The quantitative estimate of drug-likeness (QED) is 0.767. The first-order valence-corrected chi connectivity index (χ1v) is 8.62. The minimum absolute atomic E-state index is 0.216. The van der Waals surface area contributed by atoms with Crippen molar-refractivity contribution in [2.75, 3.05) is 5.32 Å². The van der Waals surface area contributed by atoms with E-state index in [9.17, 15) is 4.79 Å². The molecule has 1 N–H and O–H groups in total. The molecule has 1 aliphatic carbocycles. The second kappa shape index (κ2) is 8.21. The van der Waals surface area contributed by atoms with Gasteiger partial charge in [-0.2, -0.15) is 0 Å². The van der Waals surface area contributed by atoms with Crippen LogP contribution in [0.4, 0.5) is 5.69 Å². The van der Waals surface area contributed by atoms with Gasteiger partial charge in [0.2, 0.25) is 5.91 Å². The molecular weight excluding hydrogens is 258 g/mol. The Morgan fingerprint density at radius 3 is 2.33 bits per heavy atom. The highest BCUT2D eigenvalue weighted by molar-refractivity contribution is 5.92. The van der Waals surface area contributed by atoms with Crippen LogP contribution >= 0.6 is 0 Å². The second-order valence-electron chi connectivity index (χ2n) is 6.40. The average molecular weight is 287 g/mol. The van der Waals surface area contributed by atoms with Crippen LogP contribution in [-0.4, -0.2) is 5.91 Å². The van der Waals surface area contributed by atoms with Crippen LogP contribution in [0.25, 0.3) is 0 Å². The van der Waals surface area contributed by atoms with Gasteiger partial charge in [-0.1, -0.05) is 45.2 Å². The molecule has 0 aliphatic heterocycles. The summed E-state index contributed by atoms with van der Waals surface area (Å²) in [6.45, 7) is 4.40. The number of unbranched alkanes of at least 4 members (excludes halogenated alkanes) is 1. The molecule has 1 amide bonds. The molecule has 1 saturated carbocycles. The molecule has 1 aliphatic rings. The Balaban J connectivity index is 1.78. The fraction of sp³-hybridized carbons (Fsp3) is 0.632. The molecule has 0 bridgehead atoms. The van der Waals surface area contributed by atoms with E-state index >= 15 is 0 Å². The first-order valence-electron chi connectivity index (χ1n) is 8.62. The minimum atomic E-state index is 0.216. The predicted octanol–water partition coefficient (Wildman–Crippen LogP) is 5.18. The van der Waals surface area contributed by atoms with Crippen molar-refractivity contribution in [3.8, 4) is 0 Å². The van der Waals surface area contributed by atoms with Crippen molar-refractivity contribution in [1.82, 2.24) is 0 Å². The van der Waals surface area contributed by atoms with Gasteiger partial charge in [0, 0.05) is 11.6 Å². The van der Waals surface area contributed by atoms with Crippen LogP contribution in [0.5, 0.6) is 0 Å². The number of nitrogens with one attached hydrogen (secondary N) is 1. The standard InChI is InChI=1S/C19H29NO/c1-3-5-6-16-7-11-17(12-8-16)19(21)20-18-13-9-15(4-2)10-14-18/h9-10,13-14,16-17H,3-8,11-12H2,1-2H3,(H,20,21). The fourth-order valence-electron chi connectivity index (χ4n) is 3.27. The summed E-state index contributed by atoms with van der Waals surface area (Å²) in [5.74, 6) is 1.29. The van der Waals surface area contributed by atoms with Crippen LogP contribution in [0.3, 0.4) is 0 Å². The van der Waals surface area contributed by atoms with Gasteiger partial charge in [0.1, 0.15) is 0 Å². The second-order valence-corrected chi connectivity index (χ2v) is 6.40. The monoisotopic (exact) mass is 287 g/mol. The first kappa shape index (κ1) is 16.1. The molecule has 0 radical (unpaired) electrons. The smallest absolute Gasteiger partial charge is 0.227 e. The van der Waals surface area contributed by atoms with Gasteiger partial charge >= 0.3 is 0 Å². The summed E-state index contributed by atoms with van der Waals surface area (Å²) in [7, 11) is 0. The third-order valence-electron chi connectivity index (χ3n) is 4.81. The van der Waals surface area contributed by atoms with Crippen LogP contribution in [0.2, 0.25) is 0 Å². The number of hydrogen-bond donors (Lipinski definition) is 1. The van der Waals surface area contributed by atoms with E-state index in [-0.39, 0.29) is 11.8 Å². The van der Waals surface area contributed by atoms with E-state index in [0.717, 1.165) is 30.9 Å². The van der Waals surface area contributed by atoms with Crippen molar-refractivity contribution in [3.63, 3.8) is 0 Å². The first-order chi connectivity index (χ1) is 10.2. The lowest BCUT2D eigenvalue weighted by Gasteiger charge is -2.27. The summed E-state index contributed by atoms with van der Waals surface area (Å²) in [4.78, 5) is 12.3. The Morgan fingerprint density at radius 1 is 1.10 bits per heavy atom. The molecule has 1 aromatic rings. The summed E-state index contributed by atoms with van der Waals surface area (Å²) < 4.78 is 0. The Morgan fingerprint density at radius 2 is 1.76 bits per heavy atom. The van der Waals surface area contributed by atoms with E-state index in [1.807, 2.05) is 12.1 Å². The molecule has 116 valence electrons. The molecule has 1 aromatic carbocycles. The van der Waals surface area contributed by atoms with Crippen molar-refractivity contribution < 1.29 is 4.79 Å². The molecule has 0 saturated heterocycles. The number of carbonyl (C=O) groups is 1. The highest BCUT2D eigenvalue weighted by Crippen LogP contribution is 2.32. The SMILES string of the molecule is CCCCC1CCC(C(=O)Nc2ccc(CC)cc2)CC1. The lowest BCUT2D eigenvalue weighted by Crippen LogP contribution is -2.27. The van der Waals surface area contributed by atoms with Crippen LogP contribution in [0.15, 0.2) is 24.3 Å².